The number of halogens is 2. The van der Waals surface area contributed by atoms with E-state index in [1.807, 2.05) is 55.7 Å². The van der Waals surface area contributed by atoms with Gasteiger partial charge in [0.05, 0.1) is 34.1 Å². The Balaban J connectivity index is 1.45. The lowest BCUT2D eigenvalue weighted by Gasteiger charge is -2.25. The van der Waals surface area contributed by atoms with E-state index in [2.05, 4.69) is 20.3 Å². The maximum absolute atomic E-state index is 6.29. The summed E-state index contributed by atoms with van der Waals surface area (Å²) in [5.74, 6) is 2.18. The lowest BCUT2D eigenvalue weighted by atomic mass is 9.83. The first-order valence-electron chi connectivity index (χ1n) is 10.8. The summed E-state index contributed by atoms with van der Waals surface area (Å²) in [6.07, 6.45) is 6.85. The van der Waals surface area contributed by atoms with Gasteiger partial charge in [-0.15, -0.1) is 0 Å². The summed E-state index contributed by atoms with van der Waals surface area (Å²) in [4.78, 5) is 17.1. The number of anilines is 2. The van der Waals surface area contributed by atoms with E-state index < -0.39 is 0 Å². The molecule has 1 atom stereocenters. The topological polar surface area (TPSA) is 75.7 Å². The maximum Gasteiger partial charge on any atom is 0.227 e. The predicted molar refractivity (Wildman–Crippen MR) is 132 cm³/mol. The fraction of sp³-hybridized carbons (Fsp3) is 0.240. The van der Waals surface area contributed by atoms with Crippen molar-refractivity contribution in [1.29, 1.82) is 0 Å². The van der Waals surface area contributed by atoms with Gasteiger partial charge in [0.1, 0.15) is 11.6 Å². The van der Waals surface area contributed by atoms with Crippen LogP contribution in [0.1, 0.15) is 41.3 Å². The molecule has 2 aromatic carbocycles. The van der Waals surface area contributed by atoms with Gasteiger partial charge in [0.25, 0.3) is 0 Å². The number of hydrogen-bond acceptors (Lipinski definition) is 5. The summed E-state index contributed by atoms with van der Waals surface area (Å²) in [5.41, 5.74) is 5.97. The van der Waals surface area contributed by atoms with Gasteiger partial charge in [-0.05, 0) is 61.6 Å². The number of ether oxygens (including phenoxy) is 1. The third-order valence-electron chi connectivity index (χ3n) is 5.93. The molecule has 168 valence electrons. The largest absolute Gasteiger partial charge is 0.496 e. The minimum Gasteiger partial charge on any atom is -0.496 e. The molecule has 0 saturated carbocycles. The van der Waals surface area contributed by atoms with Gasteiger partial charge in [-0.2, -0.15) is 0 Å². The summed E-state index contributed by atoms with van der Waals surface area (Å²) in [5, 5.41) is 4.45. The predicted octanol–water partition coefficient (Wildman–Crippen LogP) is 6.70. The number of imidazole rings is 1. The number of methoxy groups -OCH3 is 1. The molecule has 0 fully saturated rings. The highest BCUT2D eigenvalue weighted by Gasteiger charge is 2.25. The molecule has 2 N–H and O–H groups in total. The Labute approximate surface area is 202 Å². The van der Waals surface area contributed by atoms with Gasteiger partial charge in [-0.1, -0.05) is 29.3 Å². The molecule has 0 saturated heterocycles. The highest BCUT2D eigenvalue weighted by atomic mass is 35.5. The van der Waals surface area contributed by atoms with Crippen molar-refractivity contribution in [2.24, 2.45) is 0 Å². The summed E-state index contributed by atoms with van der Waals surface area (Å²) >= 11 is 12.4. The molecule has 5 rings (SSSR count). The fourth-order valence-corrected chi connectivity index (χ4v) is 4.61. The van der Waals surface area contributed by atoms with Crippen LogP contribution in [-0.4, -0.2) is 27.0 Å². The van der Waals surface area contributed by atoms with Crippen LogP contribution in [0.4, 0.5) is 11.6 Å². The number of aromatic amines is 1. The molecular formula is C25H23Cl2N5O. The van der Waals surface area contributed by atoms with Crippen LogP contribution in [0.2, 0.25) is 10.0 Å². The zero-order valence-corrected chi connectivity index (χ0v) is 19.8. The molecule has 2 aromatic heterocycles. The molecule has 33 heavy (non-hydrogen) atoms. The Bertz CT molecular complexity index is 1320. The van der Waals surface area contributed by atoms with Crippen LogP contribution in [0.3, 0.4) is 0 Å². The summed E-state index contributed by atoms with van der Waals surface area (Å²) in [7, 11) is 1.65. The Morgan fingerprint density at radius 1 is 1.09 bits per heavy atom. The average molecular weight is 480 g/mol. The molecule has 0 bridgehead atoms. The SMILES string of the molecule is COc1cc(Nc2ncc3c(n2)C(c2ccc(Cl)c(Cl)c2)CCC3)ccc1-c1nc(C)c[nH]1. The van der Waals surface area contributed by atoms with Gasteiger partial charge >= 0.3 is 0 Å². The number of rotatable bonds is 5. The minimum absolute atomic E-state index is 0.158. The van der Waals surface area contributed by atoms with Crippen molar-refractivity contribution in [1.82, 2.24) is 19.9 Å². The Hall–Kier alpha value is -3.09. The monoisotopic (exact) mass is 479 g/mol. The first kappa shape index (κ1) is 21.7. The van der Waals surface area contributed by atoms with Crippen molar-refractivity contribution >= 4 is 34.8 Å². The van der Waals surface area contributed by atoms with E-state index in [0.29, 0.717) is 21.7 Å². The highest BCUT2D eigenvalue weighted by Crippen LogP contribution is 2.38. The fourth-order valence-electron chi connectivity index (χ4n) is 4.31. The van der Waals surface area contributed by atoms with Crippen molar-refractivity contribution in [3.8, 4) is 17.1 Å². The number of fused-ring (bicyclic) bond motifs is 1. The smallest absolute Gasteiger partial charge is 0.227 e. The van der Waals surface area contributed by atoms with Crippen LogP contribution in [0.15, 0.2) is 48.8 Å². The number of aromatic nitrogens is 4. The van der Waals surface area contributed by atoms with Gasteiger partial charge in [-0.3, -0.25) is 0 Å². The molecular weight excluding hydrogens is 457 g/mol. The van der Waals surface area contributed by atoms with Crippen molar-refractivity contribution in [2.45, 2.75) is 32.1 Å². The molecule has 0 spiro atoms. The maximum atomic E-state index is 6.29. The van der Waals surface area contributed by atoms with Gasteiger partial charge < -0.3 is 15.0 Å². The third kappa shape index (κ3) is 4.41. The molecule has 6 nitrogen and oxygen atoms in total. The van der Waals surface area contributed by atoms with E-state index in [4.69, 9.17) is 32.9 Å². The van der Waals surface area contributed by atoms with E-state index >= 15 is 0 Å². The third-order valence-corrected chi connectivity index (χ3v) is 6.67. The number of benzene rings is 2. The number of nitrogens with one attached hydrogen (secondary N) is 2. The second-order valence-corrected chi connectivity index (χ2v) is 8.97. The quantitative estimate of drug-likeness (QED) is 0.332. The number of H-pyrrole nitrogens is 1. The number of aryl methyl sites for hydroxylation is 2. The van der Waals surface area contributed by atoms with Gasteiger partial charge in [0.15, 0.2) is 0 Å². The van der Waals surface area contributed by atoms with Crippen LogP contribution >= 0.6 is 23.2 Å². The number of hydrogen-bond donors (Lipinski definition) is 2. The van der Waals surface area contributed by atoms with Crippen LogP contribution in [0.25, 0.3) is 11.4 Å². The number of nitrogens with zero attached hydrogens (tertiary/aromatic N) is 3. The van der Waals surface area contributed by atoms with Crippen LogP contribution < -0.4 is 10.1 Å². The Morgan fingerprint density at radius 3 is 2.73 bits per heavy atom. The summed E-state index contributed by atoms with van der Waals surface area (Å²) < 4.78 is 5.61. The van der Waals surface area contributed by atoms with Crippen molar-refractivity contribution in [2.75, 3.05) is 12.4 Å². The second-order valence-electron chi connectivity index (χ2n) is 8.15. The zero-order chi connectivity index (χ0) is 22.9. The van der Waals surface area contributed by atoms with Crippen LogP contribution in [0.5, 0.6) is 5.75 Å². The van der Waals surface area contributed by atoms with Gasteiger partial charge in [-0.25, -0.2) is 15.0 Å². The van der Waals surface area contributed by atoms with E-state index in [1.54, 1.807) is 7.11 Å². The first-order chi connectivity index (χ1) is 16.0. The van der Waals surface area contributed by atoms with Crippen LogP contribution in [0, 0.1) is 6.92 Å². The van der Waals surface area contributed by atoms with Gasteiger partial charge in [0, 0.05) is 30.1 Å². The molecule has 0 radical (unpaired) electrons. The van der Waals surface area contributed by atoms with Crippen LogP contribution in [-0.2, 0) is 6.42 Å². The molecule has 1 unspecified atom stereocenters. The molecule has 0 aliphatic heterocycles. The minimum atomic E-state index is 0.158. The van der Waals surface area contributed by atoms with E-state index in [1.165, 1.54) is 5.56 Å². The Morgan fingerprint density at radius 2 is 1.97 bits per heavy atom. The van der Waals surface area contributed by atoms with E-state index in [0.717, 1.165) is 53.3 Å². The summed E-state index contributed by atoms with van der Waals surface area (Å²) in [6.45, 7) is 1.95. The lowest BCUT2D eigenvalue weighted by molar-refractivity contribution is 0.416. The van der Waals surface area contributed by atoms with Crippen molar-refractivity contribution < 1.29 is 4.74 Å². The van der Waals surface area contributed by atoms with Crippen molar-refractivity contribution in [3.63, 3.8) is 0 Å². The normalized spacial score (nSPS) is 15.2. The first-order valence-corrected chi connectivity index (χ1v) is 11.6. The molecule has 0 amide bonds. The zero-order valence-electron chi connectivity index (χ0n) is 18.3. The van der Waals surface area contributed by atoms with Gasteiger partial charge in [0.2, 0.25) is 5.95 Å². The summed E-state index contributed by atoms with van der Waals surface area (Å²) in [6, 6.07) is 11.7. The standard InChI is InChI=1S/C25H23Cl2N5O/c1-14-12-28-24(30-14)19-8-7-17(11-22(19)33-2)31-25-29-13-16-4-3-5-18(23(16)32-25)15-6-9-20(26)21(27)10-15/h6-13,18H,3-5H2,1-2H3,(H,28,30)(H,29,31,32). The average Bonchev–Trinajstić information content (AvgIpc) is 3.26. The molecule has 8 heteroatoms. The van der Waals surface area contributed by atoms with Crippen molar-refractivity contribution in [3.05, 3.63) is 81.4 Å². The van der Waals surface area contributed by atoms with E-state index in [9.17, 15) is 0 Å². The lowest BCUT2D eigenvalue weighted by Crippen LogP contribution is -2.15. The second kappa shape index (κ2) is 9.04. The molecule has 1 aliphatic carbocycles. The van der Waals surface area contributed by atoms with E-state index in [-0.39, 0.29) is 5.92 Å². The molecule has 2 heterocycles. The molecule has 1 aliphatic rings. The Kier molecular flexibility index (Phi) is 5.96. The highest BCUT2D eigenvalue weighted by molar-refractivity contribution is 6.42. The molecule has 4 aromatic rings.